The summed E-state index contributed by atoms with van der Waals surface area (Å²) in [6.45, 7) is -0.454. The molecule has 0 rings (SSSR count). The summed E-state index contributed by atoms with van der Waals surface area (Å²) in [7, 11) is 0. The lowest BCUT2D eigenvalue weighted by Gasteiger charge is -1.95. The minimum Gasteiger partial charge on any atom is -0.447 e. The number of carbonyl (C=O) groups is 2. The zero-order valence-electron chi connectivity index (χ0n) is 6.36. The Balaban J connectivity index is 3.73. The highest BCUT2D eigenvalue weighted by Crippen LogP contribution is 1.82. The van der Waals surface area contributed by atoms with E-state index >= 15 is 0 Å². The van der Waals surface area contributed by atoms with Gasteiger partial charge in [-0.2, -0.15) is 0 Å². The molecule has 0 heterocycles. The van der Waals surface area contributed by atoms with Crippen molar-refractivity contribution in [1.82, 2.24) is 0 Å². The van der Waals surface area contributed by atoms with E-state index < -0.39 is 11.9 Å². The Morgan fingerprint density at radius 3 is 1.58 bits per heavy atom. The molecule has 0 aliphatic carbocycles. The number of carbonyl (C=O) groups excluding carboxylic acids is 2. The van der Waals surface area contributed by atoms with Crippen molar-refractivity contribution in [3.05, 3.63) is 12.2 Å². The van der Waals surface area contributed by atoms with Crippen molar-refractivity contribution in [1.29, 1.82) is 0 Å². The SMILES string of the molecule is NCOC(=O)/C=C\C(=O)OCN. The van der Waals surface area contributed by atoms with Crippen LogP contribution in [0.1, 0.15) is 0 Å². The Morgan fingerprint density at radius 2 is 1.33 bits per heavy atom. The van der Waals surface area contributed by atoms with Gasteiger partial charge in [-0.25, -0.2) is 9.59 Å². The maximum Gasteiger partial charge on any atom is 0.332 e. The van der Waals surface area contributed by atoms with Crippen LogP contribution >= 0.6 is 0 Å². The molecule has 68 valence electrons. The number of rotatable bonds is 4. The fraction of sp³-hybridized carbons (Fsp3) is 0.333. The molecule has 0 aromatic rings. The summed E-state index contributed by atoms with van der Waals surface area (Å²) in [5.41, 5.74) is 9.76. The average molecular weight is 174 g/mol. The Kier molecular flexibility index (Phi) is 5.58. The van der Waals surface area contributed by atoms with E-state index in [1.165, 1.54) is 0 Å². The molecule has 0 aliphatic rings. The maximum absolute atomic E-state index is 10.5. The molecule has 12 heavy (non-hydrogen) atoms. The minimum absolute atomic E-state index is 0.227. The van der Waals surface area contributed by atoms with E-state index in [1.54, 1.807) is 0 Å². The highest BCUT2D eigenvalue weighted by molar-refractivity contribution is 5.91. The van der Waals surface area contributed by atoms with E-state index in [2.05, 4.69) is 9.47 Å². The molecule has 0 unspecified atom stereocenters. The van der Waals surface area contributed by atoms with Crippen molar-refractivity contribution >= 4 is 11.9 Å². The topological polar surface area (TPSA) is 105 Å². The molecular formula is C6H10N2O4. The number of esters is 2. The van der Waals surface area contributed by atoms with Gasteiger partial charge < -0.3 is 9.47 Å². The second-order valence-corrected chi connectivity index (χ2v) is 1.59. The zero-order chi connectivity index (χ0) is 9.40. The molecule has 0 bridgehead atoms. The lowest BCUT2D eigenvalue weighted by atomic mass is 10.5. The molecule has 0 radical (unpaired) electrons. The van der Waals surface area contributed by atoms with Crippen LogP contribution in [0.15, 0.2) is 12.2 Å². The summed E-state index contributed by atoms with van der Waals surface area (Å²) in [5.74, 6) is -1.40. The first-order chi connectivity index (χ1) is 5.70. The smallest absolute Gasteiger partial charge is 0.332 e. The molecule has 0 aromatic heterocycles. The summed E-state index contributed by atoms with van der Waals surface area (Å²) in [4.78, 5) is 21.0. The second-order valence-electron chi connectivity index (χ2n) is 1.59. The first kappa shape index (κ1) is 10.6. The Labute approximate surface area is 69.1 Å². The van der Waals surface area contributed by atoms with Crippen LogP contribution in [-0.2, 0) is 19.1 Å². The van der Waals surface area contributed by atoms with Crippen molar-refractivity contribution in [2.75, 3.05) is 13.5 Å². The summed E-state index contributed by atoms with van der Waals surface area (Å²) < 4.78 is 8.57. The van der Waals surface area contributed by atoms with Gasteiger partial charge in [-0.05, 0) is 0 Å². The van der Waals surface area contributed by atoms with Gasteiger partial charge in [-0.1, -0.05) is 0 Å². The van der Waals surface area contributed by atoms with Crippen LogP contribution < -0.4 is 11.5 Å². The van der Waals surface area contributed by atoms with E-state index in [-0.39, 0.29) is 13.5 Å². The molecule has 0 amide bonds. The van der Waals surface area contributed by atoms with Gasteiger partial charge in [0.1, 0.15) is 13.5 Å². The molecule has 6 nitrogen and oxygen atoms in total. The zero-order valence-corrected chi connectivity index (χ0v) is 6.36. The van der Waals surface area contributed by atoms with Gasteiger partial charge in [0.05, 0.1) is 0 Å². The van der Waals surface area contributed by atoms with Crippen LogP contribution in [0, 0.1) is 0 Å². The number of ether oxygens (including phenoxy) is 2. The highest BCUT2D eigenvalue weighted by Gasteiger charge is 1.97. The Bertz CT molecular complexity index is 170. The van der Waals surface area contributed by atoms with E-state index in [1.807, 2.05) is 0 Å². The normalized spacial score (nSPS) is 9.83. The van der Waals surface area contributed by atoms with E-state index in [9.17, 15) is 9.59 Å². The molecule has 4 N–H and O–H groups in total. The molecule has 0 aromatic carbocycles. The van der Waals surface area contributed by atoms with E-state index in [4.69, 9.17) is 11.5 Å². The summed E-state index contributed by atoms with van der Waals surface area (Å²) >= 11 is 0. The van der Waals surface area contributed by atoms with Gasteiger partial charge in [0.2, 0.25) is 0 Å². The van der Waals surface area contributed by atoms with Crippen LogP contribution in [0.25, 0.3) is 0 Å². The summed E-state index contributed by atoms with van der Waals surface area (Å²) in [5, 5.41) is 0. The predicted molar refractivity (Wildman–Crippen MR) is 39.4 cm³/mol. The summed E-state index contributed by atoms with van der Waals surface area (Å²) in [6.07, 6.45) is 1.82. The average Bonchev–Trinajstić information content (AvgIpc) is 2.02. The number of nitrogens with two attached hydrogens (primary N) is 2. The Morgan fingerprint density at radius 1 is 1.00 bits per heavy atom. The van der Waals surface area contributed by atoms with Crippen molar-refractivity contribution in [2.24, 2.45) is 11.5 Å². The fourth-order valence-corrected chi connectivity index (χ4v) is 0.397. The van der Waals surface area contributed by atoms with E-state index in [0.717, 1.165) is 12.2 Å². The number of hydrogen-bond acceptors (Lipinski definition) is 6. The lowest BCUT2D eigenvalue weighted by molar-refractivity contribution is -0.140. The molecule has 0 saturated heterocycles. The van der Waals surface area contributed by atoms with Crippen LogP contribution in [0.5, 0.6) is 0 Å². The first-order valence-electron chi connectivity index (χ1n) is 3.12. The third-order valence-corrected chi connectivity index (χ3v) is 0.807. The molecular weight excluding hydrogens is 164 g/mol. The largest absolute Gasteiger partial charge is 0.447 e. The second kappa shape index (κ2) is 6.32. The monoisotopic (exact) mass is 174 g/mol. The molecule has 0 saturated carbocycles. The van der Waals surface area contributed by atoms with Crippen molar-refractivity contribution < 1.29 is 19.1 Å². The van der Waals surface area contributed by atoms with Crippen molar-refractivity contribution in [2.45, 2.75) is 0 Å². The first-order valence-corrected chi connectivity index (χ1v) is 3.12. The third kappa shape index (κ3) is 5.39. The maximum atomic E-state index is 10.5. The third-order valence-electron chi connectivity index (χ3n) is 0.807. The van der Waals surface area contributed by atoms with Crippen molar-refractivity contribution in [3.8, 4) is 0 Å². The van der Waals surface area contributed by atoms with Gasteiger partial charge in [-0.3, -0.25) is 11.5 Å². The quantitative estimate of drug-likeness (QED) is 0.304. The van der Waals surface area contributed by atoms with Gasteiger partial charge in [-0.15, -0.1) is 0 Å². The van der Waals surface area contributed by atoms with Crippen LogP contribution in [0.3, 0.4) is 0 Å². The Hall–Kier alpha value is -1.40. The van der Waals surface area contributed by atoms with Crippen LogP contribution in [0.2, 0.25) is 0 Å². The molecule has 0 atom stereocenters. The van der Waals surface area contributed by atoms with Crippen LogP contribution in [-0.4, -0.2) is 25.4 Å². The molecule has 6 heteroatoms. The minimum atomic E-state index is -0.702. The standard InChI is InChI=1S/C6H10N2O4/c7-3-11-5(9)1-2-6(10)12-4-8/h1-2H,3-4,7-8H2/b2-1-. The predicted octanol–water partition coefficient (Wildman–Crippen LogP) is -1.54. The lowest BCUT2D eigenvalue weighted by Crippen LogP contribution is -2.12. The van der Waals surface area contributed by atoms with Gasteiger partial charge in [0.15, 0.2) is 0 Å². The fourth-order valence-electron chi connectivity index (χ4n) is 0.397. The van der Waals surface area contributed by atoms with Crippen LogP contribution in [0.4, 0.5) is 0 Å². The highest BCUT2D eigenvalue weighted by atomic mass is 16.5. The molecule has 0 spiro atoms. The van der Waals surface area contributed by atoms with Gasteiger partial charge >= 0.3 is 11.9 Å². The van der Waals surface area contributed by atoms with Gasteiger partial charge in [0, 0.05) is 12.2 Å². The number of hydrogen-bond donors (Lipinski definition) is 2. The van der Waals surface area contributed by atoms with E-state index in [0.29, 0.717) is 0 Å². The van der Waals surface area contributed by atoms with Gasteiger partial charge in [0.25, 0.3) is 0 Å². The molecule has 0 aliphatic heterocycles. The summed E-state index contributed by atoms with van der Waals surface area (Å²) in [6, 6.07) is 0. The van der Waals surface area contributed by atoms with Crippen molar-refractivity contribution in [3.63, 3.8) is 0 Å². The molecule has 0 fully saturated rings.